The Kier molecular flexibility index (Phi) is 3.34. The summed E-state index contributed by atoms with van der Waals surface area (Å²) in [5.41, 5.74) is -1.18. The van der Waals surface area contributed by atoms with Crippen LogP contribution in [0.1, 0.15) is 12.8 Å². The molecule has 1 unspecified atom stereocenters. The van der Waals surface area contributed by atoms with E-state index in [9.17, 15) is 26.7 Å². The SMILES string of the molecule is O=C(O)C1CCCN1c1c(F)c(F)c(F)c(F)c1F. The molecule has 1 aromatic carbocycles. The van der Waals surface area contributed by atoms with Gasteiger partial charge in [-0.15, -0.1) is 0 Å². The maximum Gasteiger partial charge on any atom is 0.326 e. The van der Waals surface area contributed by atoms with Crippen molar-refractivity contribution >= 4 is 11.7 Å². The lowest BCUT2D eigenvalue weighted by Gasteiger charge is -2.24. The van der Waals surface area contributed by atoms with Crippen molar-refractivity contribution in [2.45, 2.75) is 18.9 Å². The van der Waals surface area contributed by atoms with Gasteiger partial charge in [-0.05, 0) is 12.8 Å². The number of rotatable bonds is 2. The summed E-state index contributed by atoms with van der Waals surface area (Å²) in [4.78, 5) is 11.6. The Morgan fingerprint density at radius 3 is 1.95 bits per heavy atom. The van der Waals surface area contributed by atoms with Crippen molar-refractivity contribution in [1.82, 2.24) is 0 Å². The Hall–Kier alpha value is -1.86. The fourth-order valence-corrected chi connectivity index (χ4v) is 2.14. The van der Waals surface area contributed by atoms with Crippen LogP contribution in [0.4, 0.5) is 27.6 Å². The summed E-state index contributed by atoms with van der Waals surface area (Å²) >= 11 is 0. The Balaban J connectivity index is 2.60. The largest absolute Gasteiger partial charge is 0.480 e. The quantitative estimate of drug-likeness (QED) is 0.514. The second-order valence-corrected chi connectivity index (χ2v) is 4.11. The number of halogens is 5. The topological polar surface area (TPSA) is 40.5 Å². The second kappa shape index (κ2) is 4.67. The predicted octanol–water partition coefficient (Wildman–Crippen LogP) is 2.44. The molecule has 2 rings (SSSR count). The van der Waals surface area contributed by atoms with Crippen molar-refractivity contribution in [2.75, 3.05) is 11.4 Å². The van der Waals surface area contributed by atoms with Gasteiger partial charge in [-0.25, -0.2) is 26.7 Å². The average Bonchev–Trinajstić information content (AvgIpc) is 2.83. The zero-order chi connectivity index (χ0) is 14.3. The smallest absolute Gasteiger partial charge is 0.326 e. The van der Waals surface area contributed by atoms with E-state index in [-0.39, 0.29) is 19.4 Å². The molecule has 0 saturated carbocycles. The van der Waals surface area contributed by atoms with Crippen LogP contribution in [-0.2, 0) is 4.79 Å². The number of aliphatic carboxylic acids is 1. The standard InChI is InChI=1S/C11H8F5NO2/c12-5-6(13)8(15)10(9(16)7(5)14)17-3-1-2-4(17)11(18)19/h4H,1-3H2,(H,18,19). The molecule has 0 bridgehead atoms. The molecule has 3 nitrogen and oxygen atoms in total. The van der Waals surface area contributed by atoms with Crippen LogP contribution in [0.25, 0.3) is 0 Å². The molecule has 8 heteroatoms. The molecular formula is C11H8F5NO2. The van der Waals surface area contributed by atoms with Crippen LogP contribution >= 0.6 is 0 Å². The summed E-state index contributed by atoms with van der Waals surface area (Å²) in [6.45, 7) is -0.0880. The van der Waals surface area contributed by atoms with E-state index >= 15 is 0 Å². The van der Waals surface area contributed by atoms with Crippen LogP contribution in [0.5, 0.6) is 0 Å². The lowest BCUT2D eigenvalue weighted by Crippen LogP contribution is -2.37. The third kappa shape index (κ3) is 2.00. The van der Waals surface area contributed by atoms with Gasteiger partial charge < -0.3 is 10.0 Å². The van der Waals surface area contributed by atoms with Gasteiger partial charge in [-0.1, -0.05) is 0 Å². The first-order chi connectivity index (χ1) is 8.86. The highest BCUT2D eigenvalue weighted by Crippen LogP contribution is 2.34. The number of carbonyl (C=O) groups is 1. The van der Waals surface area contributed by atoms with E-state index in [0.29, 0.717) is 4.90 Å². The summed E-state index contributed by atoms with van der Waals surface area (Å²) < 4.78 is 66.0. The summed E-state index contributed by atoms with van der Waals surface area (Å²) in [7, 11) is 0. The fraction of sp³-hybridized carbons (Fsp3) is 0.364. The molecule has 1 aliphatic rings. The van der Waals surface area contributed by atoms with Gasteiger partial charge in [0.25, 0.3) is 0 Å². The Morgan fingerprint density at radius 2 is 1.47 bits per heavy atom. The minimum absolute atomic E-state index is 0.0782. The van der Waals surface area contributed by atoms with Crippen molar-refractivity contribution in [3.8, 4) is 0 Å². The number of benzene rings is 1. The molecular weight excluding hydrogens is 273 g/mol. The van der Waals surface area contributed by atoms with Crippen molar-refractivity contribution in [1.29, 1.82) is 0 Å². The minimum atomic E-state index is -2.26. The van der Waals surface area contributed by atoms with Crippen molar-refractivity contribution < 1.29 is 31.9 Å². The fourth-order valence-electron chi connectivity index (χ4n) is 2.14. The second-order valence-electron chi connectivity index (χ2n) is 4.11. The molecule has 1 atom stereocenters. The molecule has 0 spiro atoms. The third-order valence-electron chi connectivity index (χ3n) is 3.01. The summed E-state index contributed by atoms with van der Waals surface area (Å²) in [5, 5.41) is 8.87. The van der Waals surface area contributed by atoms with E-state index in [2.05, 4.69) is 0 Å². The minimum Gasteiger partial charge on any atom is -0.480 e. The number of carboxylic acid groups (broad SMARTS) is 1. The molecule has 0 radical (unpaired) electrons. The molecule has 1 heterocycles. The average molecular weight is 281 g/mol. The molecule has 1 fully saturated rings. The predicted molar refractivity (Wildman–Crippen MR) is 54.2 cm³/mol. The van der Waals surface area contributed by atoms with E-state index < -0.39 is 46.8 Å². The van der Waals surface area contributed by atoms with Gasteiger partial charge in [0.05, 0.1) is 0 Å². The first-order valence-electron chi connectivity index (χ1n) is 5.37. The van der Waals surface area contributed by atoms with Gasteiger partial charge in [0, 0.05) is 6.54 Å². The van der Waals surface area contributed by atoms with Crippen LogP contribution in [0.3, 0.4) is 0 Å². The maximum atomic E-state index is 13.5. The Bertz CT molecular complexity index is 519. The highest BCUT2D eigenvalue weighted by molar-refractivity contribution is 5.79. The maximum absolute atomic E-state index is 13.5. The van der Waals surface area contributed by atoms with Gasteiger partial charge in [0.15, 0.2) is 23.3 Å². The van der Waals surface area contributed by atoms with Crippen molar-refractivity contribution in [3.63, 3.8) is 0 Å². The van der Waals surface area contributed by atoms with Crippen LogP contribution in [0.2, 0.25) is 0 Å². The molecule has 1 aliphatic heterocycles. The molecule has 0 aromatic heterocycles. The van der Waals surface area contributed by atoms with Crippen LogP contribution in [0.15, 0.2) is 0 Å². The first-order valence-corrected chi connectivity index (χ1v) is 5.37. The van der Waals surface area contributed by atoms with Gasteiger partial charge in [-0.3, -0.25) is 0 Å². The summed E-state index contributed by atoms with van der Waals surface area (Å²) in [6, 6.07) is -1.30. The molecule has 0 amide bonds. The van der Waals surface area contributed by atoms with Gasteiger partial charge in [0.1, 0.15) is 11.7 Å². The number of hydrogen-bond donors (Lipinski definition) is 1. The van der Waals surface area contributed by atoms with E-state index in [1.807, 2.05) is 0 Å². The molecule has 0 aliphatic carbocycles. The van der Waals surface area contributed by atoms with Crippen molar-refractivity contribution in [2.24, 2.45) is 0 Å². The zero-order valence-corrected chi connectivity index (χ0v) is 9.39. The van der Waals surface area contributed by atoms with Gasteiger partial charge in [0.2, 0.25) is 5.82 Å². The lowest BCUT2D eigenvalue weighted by atomic mass is 10.2. The Morgan fingerprint density at radius 1 is 1.00 bits per heavy atom. The normalized spacial score (nSPS) is 19.0. The number of hydrogen-bond acceptors (Lipinski definition) is 2. The highest BCUT2D eigenvalue weighted by Gasteiger charge is 2.37. The van der Waals surface area contributed by atoms with Crippen LogP contribution in [0, 0.1) is 29.1 Å². The summed E-state index contributed by atoms with van der Waals surface area (Å²) in [5.74, 6) is -11.8. The monoisotopic (exact) mass is 281 g/mol. The summed E-state index contributed by atoms with van der Waals surface area (Å²) in [6.07, 6.45) is 0.366. The van der Waals surface area contributed by atoms with E-state index in [1.54, 1.807) is 0 Å². The molecule has 1 saturated heterocycles. The Labute approximate surface area is 104 Å². The number of carboxylic acids is 1. The van der Waals surface area contributed by atoms with Crippen LogP contribution < -0.4 is 4.90 Å². The zero-order valence-electron chi connectivity index (χ0n) is 9.39. The van der Waals surface area contributed by atoms with Crippen molar-refractivity contribution in [3.05, 3.63) is 29.1 Å². The highest BCUT2D eigenvalue weighted by atomic mass is 19.2. The van der Waals surface area contributed by atoms with Gasteiger partial charge in [-0.2, -0.15) is 0 Å². The van der Waals surface area contributed by atoms with E-state index in [0.717, 1.165) is 0 Å². The van der Waals surface area contributed by atoms with Gasteiger partial charge >= 0.3 is 5.97 Å². The molecule has 1 N–H and O–H groups in total. The van der Waals surface area contributed by atoms with Crippen LogP contribution in [-0.4, -0.2) is 23.7 Å². The molecule has 19 heavy (non-hydrogen) atoms. The van der Waals surface area contributed by atoms with E-state index in [4.69, 9.17) is 5.11 Å². The molecule has 1 aromatic rings. The first kappa shape index (κ1) is 13.6. The third-order valence-corrected chi connectivity index (χ3v) is 3.01. The lowest BCUT2D eigenvalue weighted by molar-refractivity contribution is -0.138. The number of anilines is 1. The number of nitrogens with zero attached hydrogens (tertiary/aromatic N) is 1. The molecule has 104 valence electrons. The van der Waals surface area contributed by atoms with E-state index in [1.165, 1.54) is 0 Å².